The highest BCUT2D eigenvalue weighted by Crippen LogP contribution is 2.27. The number of rotatable bonds is 6. The first-order valence-electron chi connectivity index (χ1n) is 8.02. The monoisotopic (exact) mass is 409 g/mol. The van der Waals surface area contributed by atoms with Gasteiger partial charge in [-0.15, -0.1) is 24.0 Å². The van der Waals surface area contributed by atoms with Gasteiger partial charge >= 0.3 is 0 Å². The fourth-order valence-electron chi connectivity index (χ4n) is 2.59. The molecule has 1 aliphatic heterocycles. The van der Waals surface area contributed by atoms with E-state index < -0.39 is 0 Å². The zero-order chi connectivity index (χ0) is 14.4. The maximum absolute atomic E-state index is 4.29. The van der Waals surface area contributed by atoms with Crippen LogP contribution in [0.1, 0.15) is 19.8 Å². The lowest BCUT2D eigenvalue weighted by Crippen LogP contribution is -2.47. The predicted molar refractivity (Wildman–Crippen MR) is 101 cm³/mol. The highest BCUT2D eigenvalue weighted by molar-refractivity contribution is 14.0. The van der Waals surface area contributed by atoms with Crippen molar-refractivity contribution in [1.29, 1.82) is 0 Å². The Morgan fingerprint density at radius 3 is 2.43 bits per heavy atom. The molecule has 1 heterocycles. The van der Waals surface area contributed by atoms with E-state index in [1.807, 2.05) is 7.05 Å². The number of aliphatic imine (C=N–C) groups is 1. The summed E-state index contributed by atoms with van der Waals surface area (Å²) in [5.74, 6) is 2.50. The van der Waals surface area contributed by atoms with Gasteiger partial charge in [-0.1, -0.05) is 6.92 Å². The van der Waals surface area contributed by atoms with Gasteiger partial charge in [0.05, 0.1) is 0 Å². The van der Waals surface area contributed by atoms with Gasteiger partial charge in [-0.25, -0.2) is 0 Å². The Hall–Kier alpha value is -0.0800. The van der Waals surface area contributed by atoms with E-state index in [0.29, 0.717) is 5.92 Å². The van der Waals surface area contributed by atoms with Gasteiger partial charge in [0.1, 0.15) is 0 Å². The number of nitrogens with zero attached hydrogens (tertiary/aromatic N) is 3. The lowest BCUT2D eigenvalue weighted by molar-refractivity contribution is 0.139. The van der Waals surface area contributed by atoms with Crippen LogP contribution in [0.2, 0.25) is 0 Å². The molecule has 1 atom stereocenters. The molecule has 5 nitrogen and oxygen atoms in total. The zero-order valence-electron chi connectivity index (χ0n) is 13.8. The van der Waals surface area contributed by atoms with Gasteiger partial charge in [-0.05, 0) is 31.7 Å². The summed E-state index contributed by atoms with van der Waals surface area (Å²) >= 11 is 0. The topological polar surface area (TPSA) is 42.9 Å². The normalized spacial score (nSPS) is 22.5. The summed E-state index contributed by atoms with van der Waals surface area (Å²) in [6.45, 7) is 10.4. The van der Waals surface area contributed by atoms with Crippen molar-refractivity contribution in [3.63, 3.8) is 0 Å². The van der Waals surface area contributed by atoms with Gasteiger partial charge in [0.15, 0.2) is 5.96 Å². The Morgan fingerprint density at radius 1 is 1.19 bits per heavy atom. The minimum absolute atomic E-state index is 0. The van der Waals surface area contributed by atoms with Crippen LogP contribution in [0.5, 0.6) is 0 Å². The van der Waals surface area contributed by atoms with Crippen molar-refractivity contribution in [2.24, 2.45) is 16.8 Å². The van der Waals surface area contributed by atoms with Crippen LogP contribution < -0.4 is 10.6 Å². The molecule has 0 radical (unpaired) electrons. The Balaban J connectivity index is 0.00000220. The van der Waals surface area contributed by atoms with E-state index in [1.165, 1.54) is 45.6 Å². The van der Waals surface area contributed by atoms with E-state index >= 15 is 0 Å². The number of hydrogen-bond acceptors (Lipinski definition) is 3. The van der Waals surface area contributed by atoms with Crippen LogP contribution in [0.3, 0.4) is 0 Å². The third-order valence-corrected chi connectivity index (χ3v) is 4.26. The first-order valence-corrected chi connectivity index (χ1v) is 8.02. The van der Waals surface area contributed by atoms with Crippen molar-refractivity contribution < 1.29 is 0 Å². The van der Waals surface area contributed by atoms with Crippen LogP contribution in [0.15, 0.2) is 4.99 Å². The Morgan fingerprint density at radius 2 is 1.86 bits per heavy atom. The average Bonchev–Trinajstić information content (AvgIpc) is 3.26. The average molecular weight is 409 g/mol. The van der Waals surface area contributed by atoms with Gasteiger partial charge in [0.2, 0.25) is 0 Å². The second-order valence-electron chi connectivity index (χ2n) is 6.49. The van der Waals surface area contributed by atoms with Gasteiger partial charge in [0.25, 0.3) is 0 Å². The van der Waals surface area contributed by atoms with Gasteiger partial charge in [-0.3, -0.25) is 4.99 Å². The molecule has 2 N–H and O–H groups in total. The van der Waals surface area contributed by atoms with Gasteiger partial charge in [0, 0.05) is 52.9 Å². The Labute approximate surface area is 146 Å². The van der Waals surface area contributed by atoms with Crippen molar-refractivity contribution >= 4 is 29.9 Å². The number of piperazine rings is 1. The minimum Gasteiger partial charge on any atom is -0.356 e. The first-order chi connectivity index (χ1) is 9.67. The standard InChI is InChI=1S/C15H31N5.HI/c1-13(12-20-8-6-19(3)7-9-20)10-17-15(16-2)18-11-14-4-5-14;/h13-14H,4-12H2,1-3H3,(H2,16,17,18);1H. The molecule has 1 aliphatic carbocycles. The number of nitrogens with one attached hydrogen (secondary N) is 2. The van der Waals surface area contributed by atoms with Crippen LogP contribution >= 0.6 is 24.0 Å². The lowest BCUT2D eigenvalue weighted by atomic mass is 10.1. The summed E-state index contributed by atoms with van der Waals surface area (Å²) in [7, 11) is 4.06. The Bertz CT molecular complexity index is 311. The molecule has 2 fully saturated rings. The largest absolute Gasteiger partial charge is 0.356 e. The van der Waals surface area contributed by atoms with Gasteiger partial charge in [-0.2, -0.15) is 0 Å². The lowest BCUT2D eigenvalue weighted by Gasteiger charge is -2.34. The van der Waals surface area contributed by atoms with Crippen LogP contribution in [0.25, 0.3) is 0 Å². The molecule has 1 saturated carbocycles. The summed E-state index contributed by atoms with van der Waals surface area (Å²) in [6.07, 6.45) is 2.76. The molecule has 0 aromatic heterocycles. The molecular weight excluding hydrogens is 377 g/mol. The molecule has 6 heteroatoms. The second kappa shape index (κ2) is 9.84. The van der Waals surface area contributed by atoms with E-state index in [1.54, 1.807) is 0 Å². The smallest absolute Gasteiger partial charge is 0.190 e. The molecule has 1 unspecified atom stereocenters. The maximum atomic E-state index is 4.29. The highest BCUT2D eigenvalue weighted by atomic mass is 127. The number of guanidine groups is 1. The molecule has 1 saturated heterocycles. The predicted octanol–water partition coefficient (Wildman–Crippen LogP) is 1.06. The molecule has 124 valence electrons. The van der Waals surface area contributed by atoms with E-state index in [2.05, 4.69) is 39.4 Å². The highest BCUT2D eigenvalue weighted by Gasteiger charge is 2.21. The summed E-state index contributed by atoms with van der Waals surface area (Å²) < 4.78 is 0. The first kappa shape index (κ1) is 19.0. The molecule has 2 rings (SSSR count). The number of likely N-dealkylation sites (N-methyl/N-ethyl adjacent to an activating group) is 1. The fraction of sp³-hybridized carbons (Fsp3) is 0.933. The van der Waals surface area contributed by atoms with Crippen LogP contribution in [0, 0.1) is 11.8 Å². The summed E-state index contributed by atoms with van der Waals surface area (Å²) in [4.78, 5) is 9.27. The molecule has 0 amide bonds. The molecule has 0 spiro atoms. The van der Waals surface area contributed by atoms with Crippen LogP contribution in [-0.4, -0.2) is 75.7 Å². The Kier molecular flexibility index (Phi) is 8.89. The molecule has 2 aliphatic rings. The quantitative estimate of drug-likeness (QED) is 0.391. The summed E-state index contributed by atoms with van der Waals surface area (Å²) in [6, 6.07) is 0. The minimum atomic E-state index is 0. The number of hydrogen-bond donors (Lipinski definition) is 2. The third-order valence-electron chi connectivity index (χ3n) is 4.26. The van der Waals surface area contributed by atoms with E-state index in [-0.39, 0.29) is 24.0 Å². The third kappa shape index (κ3) is 7.65. The van der Waals surface area contributed by atoms with E-state index in [4.69, 9.17) is 0 Å². The molecule has 0 aromatic rings. The van der Waals surface area contributed by atoms with Crippen molar-refractivity contribution in [2.75, 3.05) is 59.9 Å². The maximum Gasteiger partial charge on any atom is 0.190 e. The van der Waals surface area contributed by atoms with E-state index in [0.717, 1.165) is 25.0 Å². The molecular formula is C15H32IN5. The SMILES string of the molecule is CN=C(NCC(C)CN1CCN(C)CC1)NCC1CC1.I. The van der Waals surface area contributed by atoms with Crippen molar-refractivity contribution in [1.82, 2.24) is 20.4 Å². The number of halogens is 1. The van der Waals surface area contributed by atoms with Crippen LogP contribution in [0.4, 0.5) is 0 Å². The zero-order valence-corrected chi connectivity index (χ0v) is 16.1. The van der Waals surface area contributed by atoms with Crippen molar-refractivity contribution in [2.45, 2.75) is 19.8 Å². The van der Waals surface area contributed by atoms with Crippen molar-refractivity contribution in [3.8, 4) is 0 Å². The summed E-state index contributed by atoms with van der Waals surface area (Å²) in [5.41, 5.74) is 0. The fourth-order valence-corrected chi connectivity index (χ4v) is 2.59. The molecule has 0 aromatic carbocycles. The van der Waals surface area contributed by atoms with Crippen molar-refractivity contribution in [3.05, 3.63) is 0 Å². The molecule has 21 heavy (non-hydrogen) atoms. The molecule has 0 bridgehead atoms. The van der Waals surface area contributed by atoms with Crippen LogP contribution in [-0.2, 0) is 0 Å². The second-order valence-corrected chi connectivity index (χ2v) is 6.49. The van der Waals surface area contributed by atoms with Gasteiger partial charge < -0.3 is 20.4 Å². The summed E-state index contributed by atoms with van der Waals surface area (Å²) in [5, 5.41) is 6.87. The van der Waals surface area contributed by atoms with E-state index in [9.17, 15) is 0 Å².